The molecule has 0 radical (unpaired) electrons. The Kier molecular flexibility index (Phi) is 15.7. The molecule has 1 amide bonds. The van der Waals surface area contributed by atoms with Crippen LogP contribution in [-0.4, -0.2) is 70.9 Å². The van der Waals surface area contributed by atoms with E-state index in [0.717, 1.165) is 44.1 Å². The van der Waals surface area contributed by atoms with Crippen LogP contribution in [0.15, 0.2) is 29.3 Å². The molecule has 0 aliphatic rings. The van der Waals surface area contributed by atoms with E-state index in [1.165, 1.54) is 0 Å². The molecule has 0 bridgehead atoms. The highest BCUT2D eigenvalue weighted by Crippen LogP contribution is 2.07. The van der Waals surface area contributed by atoms with Gasteiger partial charge in [0.25, 0.3) is 5.91 Å². The van der Waals surface area contributed by atoms with Crippen molar-refractivity contribution in [1.29, 1.82) is 0 Å². The van der Waals surface area contributed by atoms with Crippen molar-refractivity contribution in [3.8, 4) is 0 Å². The lowest BCUT2D eigenvalue weighted by Gasteiger charge is -2.12. The van der Waals surface area contributed by atoms with Gasteiger partial charge in [0, 0.05) is 46.5 Å². The SMILES string of the molecule is CCNC(=NCc1ccc(C(=O)N(C)C)cc1)NCCCCOCCOC.I. The minimum Gasteiger partial charge on any atom is -0.382 e. The number of benzene rings is 1. The summed E-state index contributed by atoms with van der Waals surface area (Å²) >= 11 is 0. The topological polar surface area (TPSA) is 75.2 Å². The van der Waals surface area contributed by atoms with E-state index in [2.05, 4.69) is 15.6 Å². The van der Waals surface area contributed by atoms with E-state index in [-0.39, 0.29) is 29.9 Å². The van der Waals surface area contributed by atoms with Crippen molar-refractivity contribution in [2.75, 3.05) is 54.1 Å². The predicted molar refractivity (Wildman–Crippen MR) is 125 cm³/mol. The van der Waals surface area contributed by atoms with Gasteiger partial charge in [-0.3, -0.25) is 4.79 Å². The van der Waals surface area contributed by atoms with Crippen molar-refractivity contribution in [2.24, 2.45) is 4.99 Å². The third kappa shape index (κ3) is 11.5. The Labute approximate surface area is 186 Å². The van der Waals surface area contributed by atoms with Gasteiger partial charge in [-0.2, -0.15) is 0 Å². The quantitative estimate of drug-likeness (QED) is 0.197. The fraction of sp³-hybridized carbons (Fsp3) is 0.600. The summed E-state index contributed by atoms with van der Waals surface area (Å²) in [6.07, 6.45) is 2.01. The van der Waals surface area contributed by atoms with Crippen molar-refractivity contribution >= 4 is 35.8 Å². The molecular weight excluding hydrogens is 471 g/mol. The number of unbranched alkanes of at least 4 members (excludes halogenated alkanes) is 1. The van der Waals surface area contributed by atoms with Gasteiger partial charge in [-0.15, -0.1) is 24.0 Å². The molecule has 0 spiro atoms. The molecule has 8 heteroatoms. The second-order valence-corrected chi connectivity index (χ2v) is 6.33. The monoisotopic (exact) mass is 506 g/mol. The van der Waals surface area contributed by atoms with Crippen LogP contribution < -0.4 is 10.6 Å². The molecular formula is C20H35IN4O3. The van der Waals surface area contributed by atoms with Crippen molar-refractivity contribution in [1.82, 2.24) is 15.5 Å². The predicted octanol–water partition coefficient (Wildman–Crippen LogP) is 2.50. The summed E-state index contributed by atoms with van der Waals surface area (Å²) in [6.45, 7) is 6.29. The van der Waals surface area contributed by atoms with Crippen LogP contribution >= 0.6 is 24.0 Å². The fourth-order valence-electron chi connectivity index (χ4n) is 2.30. The average molecular weight is 506 g/mol. The molecule has 7 nitrogen and oxygen atoms in total. The summed E-state index contributed by atoms with van der Waals surface area (Å²) < 4.78 is 10.4. The van der Waals surface area contributed by atoms with E-state index in [0.29, 0.717) is 25.3 Å². The number of carbonyl (C=O) groups excluding carboxylic acids is 1. The van der Waals surface area contributed by atoms with Crippen molar-refractivity contribution in [3.63, 3.8) is 0 Å². The van der Waals surface area contributed by atoms with Crippen LogP contribution in [0.2, 0.25) is 0 Å². The number of amides is 1. The van der Waals surface area contributed by atoms with Gasteiger partial charge in [-0.25, -0.2) is 4.99 Å². The number of methoxy groups -OCH3 is 1. The lowest BCUT2D eigenvalue weighted by Crippen LogP contribution is -2.37. The maximum atomic E-state index is 11.9. The molecule has 0 aromatic heterocycles. The van der Waals surface area contributed by atoms with Gasteiger partial charge < -0.3 is 25.0 Å². The summed E-state index contributed by atoms with van der Waals surface area (Å²) in [5, 5.41) is 6.58. The van der Waals surface area contributed by atoms with Gasteiger partial charge in [-0.05, 0) is 37.5 Å². The number of ether oxygens (including phenoxy) is 2. The summed E-state index contributed by atoms with van der Waals surface area (Å²) in [5.74, 6) is 0.803. The first kappa shape index (κ1) is 26.6. The van der Waals surface area contributed by atoms with Crippen LogP contribution in [0.3, 0.4) is 0 Å². The third-order valence-corrected chi connectivity index (χ3v) is 3.81. The molecule has 0 heterocycles. The Morgan fingerprint density at radius 2 is 1.79 bits per heavy atom. The van der Waals surface area contributed by atoms with E-state index in [1.807, 2.05) is 31.2 Å². The van der Waals surface area contributed by atoms with E-state index in [9.17, 15) is 4.79 Å². The van der Waals surface area contributed by atoms with Crippen LogP contribution in [0.5, 0.6) is 0 Å². The van der Waals surface area contributed by atoms with Crippen molar-refractivity contribution in [2.45, 2.75) is 26.3 Å². The van der Waals surface area contributed by atoms with Crippen LogP contribution in [0.25, 0.3) is 0 Å². The minimum absolute atomic E-state index is 0. The molecule has 0 aliphatic carbocycles. The second kappa shape index (κ2) is 16.6. The number of nitrogens with zero attached hydrogens (tertiary/aromatic N) is 2. The number of nitrogens with one attached hydrogen (secondary N) is 2. The maximum absolute atomic E-state index is 11.9. The summed E-state index contributed by atoms with van der Waals surface area (Å²) in [6, 6.07) is 7.58. The maximum Gasteiger partial charge on any atom is 0.253 e. The second-order valence-electron chi connectivity index (χ2n) is 6.33. The van der Waals surface area contributed by atoms with E-state index >= 15 is 0 Å². The molecule has 0 saturated heterocycles. The highest BCUT2D eigenvalue weighted by Gasteiger charge is 2.07. The number of guanidine groups is 1. The number of hydrogen-bond acceptors (Lipinski definition) is 4. The molecule has 0 saturated carbocycles. The zero-order chi connectivity index (χ0) is 19.9. The fourth-order valence-corrected chi connectivity index (χ4v) is 2.30. The number of carbonyl (C=O) groups is 1. The Bertz CT molecular complexity index is 565. The zero-order valence-corrected chi connectivity index (χ0v) is 19.8. The molecule has 0 unspecified atom stereocenters. The first-order valence-electron chi connectivity index (χ1n) is 9.48. The molecule has 28 heavy (non-hydrogen) atoms. The Morgan fingerprint density at radius 3 is 2.39 bits per heavy atom. The van der Waals surface area contributed by atoms with E-state index in [1.54, 1.807) is 26.1 Å². The highest BCUT2D eigenvalue weighted by atomic mass is 127. The number of halogens is 1. The highest BCUT2D eigenvalue weighted by molar-refractivity contribution is 14.0. The minimum atomic E-state index is 0. The van der Waals surface area contributed by atoms with Crippen molar-refractivity contribution < 1.29 is 14.3 Å². The van der Waals surface area contributed by atoms with Crippen LogP contribution in [0, 0.1) is 0 Å². The first-order valence-corrected chi connectivity index (χ1v) is 9.48. The van der Waals surface area contributed by atoms with Crippen LogP contribution in [0.1, 0.15) is 35.7 Å². The summed E-state index contributed by atoms with van der Waals surface area (Å²) in [7, 11) is 5.17. The van der Waals surface area contributed by atoms with E-state index in [4.69, 9.17) is 9.47 Å². The Balaban J connectivity index is 0.00000729. The van der Waals surface area contributed by atoms with Gasteiger partial charge in [0.15, 0.2) is 5.96 Å². The van der Waals surface area contributed by atoms with Gasteiger partial charge in [0.05, 0.1) is 19.8 Å². The number of rotatable bonds is 12. The Hall–Kier alpha value is -1.39. The summed E-state index contributed by atoms with van der Waals surface area (Å²) in [4.78, 5) is 18.1. The molecule has 0 aliphatic heterocycles. The lowest BCUT2D eigenvalue weighted by atomic mass is 10.1. The molecule has 1 aromatic rings. The average Bonchev–Trinajstić information content (AvgIpc) is 2.67. The standard InChI is InChI=1S/C20H34N4O3.HI/c1-5-21-20(22-12-6-7-13-27-15-14-26-4)23-16-17-8-10-18(11-9-17)19(25)24(2)3;/h8-11H,5-7,12-16H2,1-4H3,(H2,21,22,23);1H. The van der Waals surface area contributed by atoms with E-state index < -0.39 is 0 Å². The molecule has 160 valence electrons. The first-order chi connectivity index (χ1) is 13.1. The molecule has 2 N–H and O–H groups in total. The van der Waals surface area contributed by atoms with Crippen molar-refractivity contribution in [3.05, 3.63) is 35.4 Å². The summed E-state index contributed by atoms with van der Waals surface area (Å²) in [5.41, 5.74) is 1.75. The number of aliphatic imine (C=N–C) groups is 1. The van der Waals surface area contributed by atoms with Gasteiger partial charge >= 0.3 is 0 Å². The molecule has 0 atom stereocenters. The normalized spacial score (nSPS) is 10.9. The lowest BCUT2D eigenvalue weighted by molar-refractivity contribution is 0.0689. The zero-order valence-electron chi connectivity index (χ0n) is 17.5. The smallest absolute Gasteiger partial charge is 0.253 e. The van der Waals surface area contributed by atoms with Gasteiger partial charge in [0.1, 0.15) is 0 Å². The molecule has 0 fully saturated rings. The molecule has 1 rings (SSSR count). The number of hydrogen-bond donors (Lipinski definition) is 2. The van der Waals surface area contributed by atoms with Crippen LogP contribution in [-0.2, 0) is 16.0 Å². The van der Waals surface area contributed by atoms with Gasteiger partial charge in [-0.1, -0.05) is 12.1 Å². The molecule has 1 aromatic carbocycles. The third-order valence-electron chi connectivity index (χ3n) is 3.81. The largest absolute Gasteiger partial charge is 0.382 e. The van der Waals surface area contributed by atoms with Gasteiger partial charge in [0.2, 0.25) is 0 Å². The van der Waals surface area contributed by atoms with Crippen LogP contribution in [0.4, 0.5) is 0 Å². The Morgan fingerprint density at radius 1 is 1.07 bits per heavy atom.